The van der Waals surface area contributed by atoms with Gasteiger partial charge in [-0.3, -0.25) is 0 Å². The first-order valence-electron chi connectivity index (χ1n) is 11.2. The molecule has 0 bridgehead atoms. The van der Waals surface area contributed by atoms with Gasteiger partial charge >= 0.3 is 0 Å². The number of hydrogen-bond acceptors (Lipinski definition) is 1. The highest BCUT2D eigenvalue weighted by atomic mass is 14.9. The first kappa shape index (κ1) is 21.6. The van der Waals surface area contributed by atoms with Gasteiger partial charge in [0.05, 0.1) is 0 Å². The van der Waals surface area contributed by atoms with Crippen molar-refractivity contribution in [3.8, 4) is 0 Å². The fourth-order valence-electron chi connectivity index (χ4n) is 4.40. The molecule has 0 aromatic heterocycles. The summed E-state index contributed by atoms with van der Waals surface area (Å²) >= 11 is 0. The summed E-state index contributed by atoms with van der Waals surface area (Å²) < 4.78 is 0. The van der Waals surface area contributed by atoms with E-state index in [0.29, 0.717) is 0 Å². The topological polar surface area (TPSA) is 12.0 Å². The van der Waals surface area contributed by atoms with Gasteiger partial charge in [0.15, 0.2) is 0 Å². The highest BCUT2D eigenvalue weighted by Crippen LogP contribution is 2.30. The molecule has 1 heteroatoms. The Morgan fingerprint density at radius 1 is 0.625 bits per heavy atom. The molecule has 0 heterocycles. The van der Waals surface area contributed by atoms with Gasteiger partial charge in [-0.2, -0.15) is 0 Å². The van der Waals surface area contributed by atoms with Crippen molar-refractivity contribution in [2.75, 3.05) is 5.32 Å². The quantitative estimate of drug-likeness (QED) is 0.321. The average molecular weight is 418 g/mol. The minimum absolute atomic E-state index is 1.10. The second-order valence-corrected chi connectivity index (χ2v) is 8.76. The summed E-state index contributed by atoms with van der Waals surface area (Å²) in [6.45, 7) is 10.8. The standard InChI is InChI=1S/C31H31N/c1-21-11-16-29(23(3)17-21)30(27-9-7-6-8-10-27)20-26-12-14-28(15-13-26)32-31-24(4)18-22(2)19-25(31)5/h6-20,32H,1-5H3/b30-20+. The molecule has 0 aliphatic rings. The van der Waals surface area contributed by atoms with Crippen molar-refractivity contribution in [2.24, 2.45) is 0 Å². The lowest BCUT2D eigenvalue weighted by Gasteiger charge is -2.15. The van der Waals surface area contributed by atoms with E-state index in [0.717, 1.165) is 5.69 Å². The average Bonchev–Trinajstić information content (AvgIpc) is 2.76. The Labute approximate surface area is 192 Å². The van der Waals surface area contributed by atoms with Gasteiger partial charge in [-0.25, -0.2) is 0 Å². The van der Waals surface area contributed by atoms with Crippen LogP contribution in [0.15, 0.2) is 84.9 Å². The molecule has 0 aliphatic carbocycles. The van der Waals surface area contributed by atoms with Crippen molar-refractivity contribution in [1.82, 2.24) is 0 Å². The van der Waals surface area contributed by atoms with E-state index >= 15 is 0 Å². The molecule has 4 rings (SSSR count). The van der Waals surface area contributed by atoms with Crippen LogP contribution >= 0.6 is 0 Å². The Balaban J connectivity index is 1.69. The Bertz CT molecular complexity index is 1240. The molecule has 0 saturated carbocycles. The SMILES string of the molecule is Cc1ccc(/C(=C/c2ccc(Nc3c(C)cc(C)cc3C)cc2)c2ccccc2)c(C)c1. The zero-order chi connectivity index (χ0) is 22.7. The van der Waals surface area contributed by atoms with Crippen LogP contribution < -0.4 is 5.32 Å². The summed E-state index contributed by atoms with van der Waals surface area (Å²) in [5.74, 6) is 0. The summed E-state index contributed by atoms with van der Waals surface area (Å²) in [5, 5.41) is 3.61. The fourth-order valence-corrected chi connectivity index (χ4v) is 4.40. The number of anilines is 2. The monoisotopic (exact) mass is 417 g/mol. The van der Waals surface area contributed by atoms with E-state index in [1.165, 1.54) is 55.8 Å². The molecular weight excluding hydrogens is 386 g/mol. The molecule has 0 unspecified atom stereocenters. The molecule has 0 saturated heterocycles. The van der Waals surface area contributed by atoms with Crippen LogP contribution in [0.5, 0.6) is 0 Å². The fraction of sp³-hybridized carbons (Fsp3) is 0.161. The third-order valence-corrected chi connectivity index (χ3v) is 5.92. The molecule has 0 spiro atoms. The molecule has 1 N–H and O–H groups in total. The molecule has 4 aromatic rings. The van der Waals surface area contributed by atoms with E-state index in [1.54, 1.807) is 0 Å². The molecular formula is C31H31N. The minimum Gasteiger partial charge on any atom is -0.355 e. The Hall–Kier alpha value is -3.58. The van der Waals surface area contributed by atoms with Gasteiger partial charge < -0.3 is 5.32 Å². The zero-order valence-electron chi connectivity index (χ0n) is 19.7. The maximum Gasteiger partial charge on any atom is 0.0443 e. The van der Waals surface area contributed by atoms with Crippen molar-refractivity contribution in [2.45, 2.75) is 34.6 Å². The van der Waals surface area contributed by atoms with Gasteiger partial charge in [0, 0.05) is 11.4 Å². The van der Waals surface area contributed by atoms with Crippen LogP contribution in [0.4, 0.5) is 11.4 Å². The number of hydrogen-bond donors (Lipinski definition) is 1. The maximum absolute atomic E-state index is 3.61. The summed E-state index contributed by atoms with van der Waals surface area (Å²) in [6.07, 6.45) is 2.29. The summed E-state index contributed by atoms with van der Waals surface area (Å²) in [7, 11) is 0. The van der Waals surface area contributed by atoms with Crippen LogP contribution in [-0.2, 0) is 0 Å². The lowest BCUT2D eigenvalue weighted by molar-refractivity contribution is 1.31. The largest absolute Gasteiger partial charge is 0.355 e. The number of benzene rings is 4. The molecule has 1 nitrogen and oxygen atoms in total. The lowest BCUT2D eigenvalue weighted by Crippen LogP contribution is -1.97. The first-order chi connectivity index (χ1) is 15.4. The number of aryl methyl sites for hydroxylation is 5. The highest BCUT2D eigenvalue weighted by Gasteiger charge is 2.09. The summed E-state index contributed by atoms with van der Waals surface area (Å²) in [6, 6.07) is 30.5. The van der Waals surface area contributed by atoms with Crippen molar-refractivity contribution in [3.63, 3.8) is 0 Å². The zero-order valence-corrected chi connectivity index (χ0v) is 19.7. The second kappa shape index (κ2) is 9.28. The van der Waals surface area contributed by atoms with Crippen molar-refractivity contribution < 1.29 is 0 Å². The van der Waals surface area contributed by atoms with E-state index in [4.69, 9.17) is 0 Å². The number of nitrogens with one attached hydrogen (secondary N) is 1. The van der Waals surface area contributed by atoms with E-state index in [2.05, 4.69) is 131 Å². The Morgan fingerprint density at radius 2 is 1.25 bits per heavy atom. The van der Waals surface area contributed by atoms with Crippen LogP contribution in [0.1, 0.15) is 44.5 Å². The lowest BCUT2D eigenvalue weighted by atomic mass is 9.92. The molecule has 0 radical (unpaired) electrons. The van der Waals surface area contributed by atoms with Crippen molar-refractivity contribution in [3.05, 3.63) is 129 Å². The summed E-state index contributed by atoms with van der Waals surface area (Å²) in [4.78, 5) is 0. The van der Waals surface area contributed by atoms with E-state index in [9.17, 15) is 0 Å². The van der Waals surface area contributed by atoms with E-state index < -0.39 is 0 Å². The van der Waals surface area contributed by atoms with E-state index in [-0.39, 0.29) is 0 Å². The van der Waals surface area contributed by atoms with Gasteiger partial charge in [-0.05, 0) is 91.8 Å². The van der Waals surface area contributed by atoms with Crippen molar-refractivity contribution >= 4 is 23.0 Å². The van der Waals surface area contributed by atoms with Gasteiger partial charge in [-0.1, -0.05) is 83.9 Å². The third-order valence-electron chi connectivity index (χ3n) is 5.92. The summed E-state index contributed by atoms with van der Waals surface area (Å²) in [5.41, 5.74) is 13.7. The molecule has 0 atom stereocenters. The number of rotatable bonds is 5. The van der Waals surface area contributed by atoms with Crippen molar-refractivity contribution in [1.29, 1.82) is 0 Å². The minimum atomic E-state index is 1.10. The van der Waals surface area contributed by atoms with Crippen LogP contribution in [-0.4, -0.2) is 0 Å². The first-order valence-corrected chi connectivity index (χ1v) is 11.2. The molecule has 0 amide bonds. The Morgan fingerprint density at radius 3 is 1.88 bits per heavy atom. The second-order valence-electron chi connectivity index (χ2n) is 8.76. The van der Waals surface area contributed by atoms with Crippen LogP contribution in [0, 0.1) is 34.6 Å². The van der Waals surface area contributed by atoms with Crippen LogP contribution in [0.3, 0.4) is 0 Å². The highest BCUT2D eigenvalue weighted by molar-refractivity contribution is 5.92. The molecule has 0 fully saturated rings. The van der Waals surface area contributed by atoms with Gasteiger partial charge in [-0.15, -0.1) is 0 Å². The normalized spacial score (nSPS) is 11.5. The Kier molecular flexibility index (Phi) is 6.28. The molecule has 160 valence electrons. The smallest absolute Gasteiger partial charge is 0.0443 e. The van der Waals surface area contributed by atoms with Gasteiger partial charge in [0.25, 0.3) is 0 Å². The molecule has 32 heavy (non-hydrogen) atoms. The van der Waals surface area contributed by atoms with E-state index in [1.807, 2.05) is 0 Å². The van der Waals surface area contributed by atoms with Crippen LogP contribution in [0.2, 0.25) is 0 Å². The molecule has 4 aromatic carbocycles. The maximum atomic E-state index is 3.61. The third kappa shape index (κ3) is 4.84. The molecule has 0 aliphatic heterocycles. The van der Waals surface area contributed by atoms with Gasteiger partial charge in [0.1, 0.15) is 0 Å². The van der Waals surface area contributed by atoms with Gasteiger partial charge in [0.2, 0.25) is 0 Å². The van der Waals surface area contributed by atoms with Crippen LogP contribution in [0.25, 0.3) is 11.6 Å². The predicted molar refractivity (Wildman–Crippen MR) is 140 cm³/mol. The predicted octanol–water partition coefficient (Wildman–Crippen LogP) is 8.56.